The van der Waals surface area contributed by atoms with E-state index in [-0.39, 0.29) is 18.6 Å². The summed E-state index contributed by atoms with van der Waals surface area (Å²) in [6.45, 7) is 0.690. The van der Waals surface area contributed by atoms with E-state index in [1.807, 2.05) is 18.2 Å². The molecule has 0 radical (unpaired) electrons. The lowest BCUT2D eigenvalue weighted by atomic mass is 9.98. The van der Waals surface area contributed by atoms with Gasteiger partial charge in [-0.1, -0.05) is 18.2 Å². The van der Waals surface area contributed by atoms with Gasteiger partial charge in [0, 0.05) is 18.8 Å². The normalized spacial score (nSPS) is 17.7. The van der Waals surface area contributed by atoms with E-state index in [4.69, 9.17) is 10.00 Å². The maximum Gasteiger partial charge on any atom is 0.321 e. The summed E-state index contributed by atoms with van der Waals surface area (Å²) in [6, 6.07) is 10.7. The van der Waals surface area contributed by atoms with Crippen molar-refractivity contribution in [1.82, 2.24) is 4.90 Å². The zero-order valence-electron chi connectivity index (χ0n) is 11.6. The van der Waals surface area contributed by atoms with Crippen LogP contribution in [0.3, 0.4) is 0 Å². The highest BCUT2D eigenvalue weighted by Crippen LogP contribution is 2.19. The maximum atomic E-state index is 12.2. The Bertz CT molecular complexity index is 539. The largest absolute Gasteiger partial charge is 0.450 e. The highest BCUT2D eigenvalue weighted by atomic mass is 16.5. The van der Waals surface area contributed by atoms with Gasteiger partial charge in [-0.05, 0) is 25.0 Å². The van der Waals surface area contributed by atoms with Crippen LogP contribution < -0.4 is 5.32 Å². The van der Waals surface area contributed by atoms with E-state index in [0.29, 0.717) is 19.5 Å². The van der Waals surface area contributed by atoms with Crippen LogP contribution in [0.5, 0.6) is 0 Å². The lowest BCUT2D eigenvalue weighted by Gasteiger charge is -2.31. The van der Waals surface area contributed by atoms with Crippen molar-refractivity contribution < 1.29 is 14.3 Å². The molecule has 1 aliphatic rings. The molecule has 1 fully saturated rings. The Balaban J connectivity index is 1.90. The summed E-state index contributed by atoms with van der Waals surface area (Å²) >= 11 is 0. The number of carbonyl (C=O) groups is 2. The Morgan fingerprint density at radius 2 is 2.14 bits per heavy atom. The van der Waals surface area contributed by atoms with Gasteiger partial charge in [0.05, 0.1) is 5.92 Å². The highest BCUT2D eigenvalue weighted by molar-refractivity contribution is 5.89. The van der Waals surface area contributed by atoms with Crippen LogP contribution in [0.1, 0.15) is 12.8 Å². The van der Waals surface area contributed by atoms with Crippen molar-refractivity contribution in [3.63, 3.8) is 0 Å². The molecule has 0 aliphatic carbocycles. The first kappa shape index (κ1) is 14.9. The van der Waals surface area contributed by atoms with Crippen molar-refractivity contribution in [1.29, 1.82) is 5.26 Å². The van der Waals surface area contributed by atoms with Crippen LogP contribution >= 0.6 is 0 Å². The number of piperidine rings is 1. The Morgan fingerprint density at radius 1 is 1.38 bits per heavy atom. The van der Waals surface area contributed by atoms with Crippen LogP contribution in [0.15, 0.2) is 30.3 Å². The van der Waals surface area contributed by atoms with Gasteiger partial charge < -0.3 is 15.0 Å². The molecule has 1 aromatic rings. The van der Waals surface area contributed by atoms with Gasteiger partial charge in [-0.3, -0.25) is 4.79 Å². The number of nitriles is 1. The molecule has 6 nitrogen and oxygen atoms in total. The number of anilines is 1. The van der Waals surface area contributed by atoms with Crippen LogP contribution in [-0.4, -0.2) is 36.6 Å². The van der Waals surface area contributed by atoms with Gasteiger partial charge in [0.15, 0.2) is 6.61 Å². The summed E-state index contributed by atoms with van der Waals surface area (Å²) in [5.74, 6) is -0.762. The number of nitrogens with one attached hydrogen (secondary N) is 1. The third-order valence-corrected chi connectivity index (χ3v) is 3.35. The van der Waals surface area contributed by atoms with Gasteiger partial charge in [0.25, 0.3) is 0 Å². The second-order valence-electron chi connectivity index (χ2n) is 4.85. The van der Waals surface area contributed by atoms with E-state index >= 15 is 0 Å². The SMILES string of the molecule is N#CCOC(=O)[C@H]1CCCN(C(=O)Nc2ccccc2)C1. The van der Waals surface area contributed by atoms with Gasteiger partial charge in [-0.25, -0.2) is 4.79 Å². The molecule has 1 N–H and O–H groups in total. The summed E-state index contributed by atoms with van der Waals surface area (Å²) in [5, 5.41) is 11.2. The van der Waals surface area contributed by atoms with Crippen molar-refractivity contribution in [2.24, 2.45) is 5.92 Å². The molecule has 1 aliphatic heterocycles. The number of nitrogens with zero attached hydrogens (tertiary/aromatic N) is 2. The first-order valence-electron chi connectivity index (χ1n) is 6.85. The first-order valence-corrected chi connectivity index (χ1v) is 6.85. The Morgan fingerprint density at radius 3 is 2.86 bits per heavy atom. The fraction of sp³-hybridized carbons (Fsp3) is 0.400. The van der Waals surface area contributed by atoms with Crippen LogP contribution in [-0.2, 0) is 9.53 Å². The van der Waals surface area contributed by atoms with E-state index in [1.54, 1.807) is 23.1 Å². The molecule has 0 aromatic heterocycles. The molecule has 1 aromatic carbocycles. The second-order valence-corrected chi connectivity index (χ2v) is 4.85. The molecular weight excluding hydrogens is 270 g/mol. The summed E-state index contributed by atoms with van der Waals surface area (Å²) in [5.41, 5.74) is 0.719. The minimum atomic E-state index is -0.409. The molecule has 6 heteroatoms. The van der Waals surface area contributed by atoms with E-state index in [9.17, 15) is 9.59 Å². The molecule has 2 amide bonds. The molecule has 0 spiro atoms. The minimum Gasteiger partial charge on any atom is -0.450 e. The lowest BCUT2D eigenvalue weighted by Crippen LogP contribution is -2.44. The van der Waals surface area contributed by atoms with Gasteiger partial charge >= 0.3 is 12.0 Å². The number of para-hydroxylation sites is 1. The number of ether oxygens (including phenoxy) is 1. The number of urea groups is 1. The fourth-order valence-corrected chi connectivity index (χ4v) is 2.30. The van der Waals surface area contributed by atoms with E-state index in [1.165, 1.54) is 0 Å². The molecule has 21 heavy (non-hydrogen) atoms. The van der Waals surface area contributed by atoms with E-state index in [0.717, 1.165) is 12.1 Å². The van der Waals surface area contributed by atoms with Crippen molar-refractivity contribution >= 4 is 17.7 Å². The first-order chi connectivity index (χ1) is 10.2. The van der Waals surface area contributed by atoms with Crippen LogP contribution in [0.25, 0.3) is 0 Å². The van der Waals surface area contributed by atoms with Gasteiger partial charge in [0.2, 0.25) is 0 Å². The van der Waals surface area contributed by atoms with Gasteiger partial charge in [-0.15, -0.1) is 0 Å². The van der Waals surface area contributed by atoms with Crippen molar-refractivity contribution in [3.05, 3.63) is 30.3 Å². The molecule has 2 rings (SSSR count). The second kappa shape index (κ2) is 7.29. The van der Waals surface area contributed by atoms with Gasteiger partial charge in [-0.2, -0.15) is 5.26 Å². The smallest absolute Gasteiger partial charge is 0.321 e. The average Bonchev–Trinajstić information content (AvgIpc) is 2.53. The van der Waals surface area contributed by atoms with Crippen molar-refractivity contribution in [2.75, 3.05) is 25.0 Å². The number of hydrogen-bond donors (Lipinski definition) is 1. The monoisotopic (exact) mass is 287 g/mol. The lowest BCUT2D eigenvalue weighted by molar-refractivity contribution is -0.148. The number of rotatable bonds is 3. The predicted octanol–water partition coefficient (Wildman–Crippen LogP) is 2.00. The van der Waals surface area contributed by atoms with Crippen LogP contribution in [0.4, 0.5) is 10.5 Å². The summed E-state index contributed by atoms with van der Waals surface area (Å²) in [4.78, 5) is 25.5. The average molecular weight is 287 g/mol. The minimum absolute atomic E-state index is 0.223. The fourth-order valence-electron chi connectivity index (χ4n) is 2.30. The predicted molar refractivity (Wildman–Crippen MR) is 76.3 cm³/mol. The van der Waals surface area contributed by atoms with Crippen molar-refractivity contribution in [2.45, 2.75) is 12.8 Å². The number of carbonyl (C=O) groups excluding carboxylic acids is 2. The number of benzene rings is 1. The standard InChI is InChI=1S/C15H17N3O3/c16-8-10-21-14(19)12-5-4-9-18(11-12)15(20)17-13-6-2-1-3-7-13/h1-3,6-7,12H,4-5,9-11H2,(H,17,20)/t12-/m0/s1. The van der Waals surface area contributed by atoms with E-state index in [2.05, 4.69) is 5.32 Å². The summed E-state index contributed by atoms with van der Waals surface area (Å²) in [7, 11) is 0. The third kappa shape index (κ3) is 4.21. The number of hydrogen-bond acceptors (Lipinski definition) is 4. The molecular formula is C15H17N3O3. The molecule has 0 unspecified atom stereocenters. The zero-order valence-corrected chi connectivity index (χ0v) is 11.6. The molecule has 1 atom stereocenters. The molecule has 0 bridgehead atoms. The van der Waals surface area contributed by atoms with Crippen LogP contribution in [0, 0.1) is 17.2 Å². The Hall–Kier alpha value is -2.55. The van der Waals surface area contributed by atoms with E-state index < -0.39 is 5.97 Å². The number of esters is 1. The topological polar surface area (TPSA) is 82.4 Å². The molecule has 110 valence electrons. The quantitative estimate of drug-likeness (QED) is 0.862. The maximum absolute atomic E-state index is 12.2. The third-order valence-electron chi connectivity index (χ3n) is 3.35. The van der Waals surface area contributed by atoms with Crippen LogP contribution in [0.2, 0.25) is 0 Å². The Kier molecular flexibility index (Phi) is 5.16. The summed E-state index contributed by atoms with van der Waals surface area (Å²) in [6.07, 6.45) is 1.42. The number of amides is 2. The Labute approximate surface area is 123 Å². The van der Waals surface area contributed by atoms with Gasteiger partial charge in [0.1, 0.15) is 6.07 Å². The zero-order chi connectivity index (χ0) is 15.1. The number of likely N-dealkylation sites (tertiary alicyclic amines) is 1. The molecule has 1 heterocycles. The van der Waals surface area contributed by atoms with Crippen molar-refractivity contribution in [3.8, 4) is 6.07 Å². The highest BCUT2D eigenvalue weighted by Gasteiger charge is 2.29. The molecule has 0 saturated carbocycles. The molecule has 1 saturated heterocycles. The summed E-state index contributed by atoms with van der Waals surface area (Å²) < 4.78 is 4.82.